The van der Waals surface area contributed by atoms with Gasteiger partial charge in [-0.3, -0.25) is 4.90 Å². The summed E-state index contributed by atoms with van der Waals surface area (Å²) in [5, 5.41) is 0. The highest BCUT2D eigenvalue weighted by molar-refractivity contribution is 6.71. The molecule has 2 heterocycles. The van der Waals surface area contributed by atoms with Gasteiger partial charge in [0.1, 0.15) is 12.2 Å². The minimum atomic E-state index is -1.97. The summed E-state index contributed by atoms with van der Waals surface area (Å²) in [6.07, 6.45) is 3.15. The second-order valence-electron chi connectivity index (χ2n) is 13.8. The molecule has 2 fully saturated rings. The summed E-state index contributed by atoms with van der Waals surface area (Å²) in [7, 11) is -7.63. The first-order chi connectivity index (χ1) is 14.8. The van der Waals surface area contributed by atoms with E-state index in [1.165, 1.54) is 19.3 Å². The van der Waals surface area contributed by atoms with Gasteiger partial charge in [-0.25, -0.2) is 0 Å². The molecule has 2 aliphatic heterocycles. The van der Waals surface area contributed by atoms with Crippen LogP contribution in [-0.4, -0.2) is 88.5 Å². The molecular formula is C23H53NO5Si4. The van der Waals surface area contributed by atoms with Crippen LogP contribution in [0.4, 0.5) is 0 Å². The standard InChI is InChI=1S/C23H53NO5Si4/c1-30(2,3)26-20-18-25-23(29-33(10,11)12,19-24-16-14-13-15-17-24)22(28-32(7,8)9)21(20)27-31(4,5)6/h20-22H,13-19H2,1-12H3. The van der Waals surface area contributed by atoms with E-state index in [2.05, 4.69) is 83.5 Å². The number of likely N-dealkylation sites (tertiary alicyclic amines) is 1. The Morgan fingerprint density at radius 1 is 0.697 bits per heavy atom. The van der Waals surface area contributed by atoms with Crippen molar-refractivity contribution < 1.29 is 22.4 Å². The molecule has 33 heavy (non-hydrogen) atoms. The van der Waals surface area contributed by atoms with Gasteiger partial charge in [0.05, 0.1) is 19.3 Å². The van der Waals surface area contributed by atoms with E-state index in [4.69, 9.17) is 22.4 Å². The maximum atomic E-state index is 7.01. The number of piperidine rings is 1. The molecule has 2 saturated heterocycles. The number of rotatable bonds is 10. The van der Waals surface area contributed by atoms with E-state index in [0.717, 1.165) is 19.6 Å². The molecule has 0 amide bonds. The molecule has 0 bridgehead atoms. The lowest BCUT2D eigenvalue weighted by atomic mass is 9.95. The first-order valence-electron chi connectivity index (χ1n) is 12.9. The summed E-state index contributed by atoms with van der Waals surface area (Å²) in [6.45, 7) is 30.4. The molecule has 2 aliphatic rings. The van der Waals surface area contributed by atoms with Gasteiger partial charge < -0.3 is 22.4 Å². The van der Waals surface area contributed by atoms with E-state index in [1.807, 2.05) is 0 Å². The Morgan fingerprint density at radius 3 is 1.67 bits per heavy atom. The molecular weight excluding hydrogens is 483 g/mol. The van der Waals surface area contributed by atoms with E-state index in [1.54, 1.807) is 0 Å². The van der Waals surface area contributed by atoms with Crippen molar-refractivity contribution in [2.24, 2.45) is 0 Å². The van der Waals surface area contributed by atoms with Crippen molar-refractivity contribution in [2.45, 2.75) is 122 Å². The average molecular weight is 536 g/mol. The third-order valence-corrected chi connectivity index (χ3v) is 9.35. The molecule has 4 unspecified atom stereocenters. The number of ether oxygens (including phenoxy) is 1. The normalized spacial score (nSPS) is 31.1. The lowest BCUT2D eigenvalue weighted by Gasteiger charge is -2.55. The predicted molar refractivity (Wildman–Crippen MR) is 148 cm³/mol. The Bertz CT molecular complexity index is 620. The van der Waals surface area contributed by atoms with Crippen LogP contribution in [-0.2, 0) is 22.4 Å². The fourth-order valence-corrected chi connectivity index (χ4v) is 9.24. The van der Waals surface area contributed by atoms with Crippen molar-refractivity contribution in [1.29, 1.82) is 0 Å². The second kappa shape index (κ2) is 10.9. The summed E-state index contributed by atoms with van der Waals surface area (Å²) in [4.78, 5) is 2.52. The third-order valence-electron chi connectivity index (χ3n) is 5.44. The van der Waals surface area contributed by atoms with Gasteiger partial charge in [0.25, 0.3) is 0 Å². The lowest BCUT2D eigenvalue weighted by molar-refractivity contribution is -0.307. The molecule has 0 saturated carbocycles. The highest BCUT2D eigenvalue weighted by atomic mass is 28.4. The number of hydrogen-bond acceptors (Lipinski definition) is 6. The van der Waals surface area contributed by atoms with Crippen molar-refractivity contribution in [1.82, 2.24) is 4.90 Å². The lowest BCUT2D eigenvalue weighted by Crippen LogP contribution is -2.72. The van der Waals surface area contributed by atoms with Gasteiger partial charge in [0.2, 0.25) is 0 Å². The van der Waals surface area contributed by atoms with Crippen LogP contribution >= 0.6 is 0 Å². The van der Waals surface area contributed by atoms with E-state index in [-0.39, 0.29) is 18.3 Å². The molecule has 6 nitrogen and oxygen atoms in total. The predicted octanol–water partition coefficient (Wildman–Crippen LogP) is 5.71. The molecule has 0 N–H and O–H groups in total. The molecule has 196 valence electrons. The van der Waals surface area contributed by atoms with Gasteiger partial charge in [0.15, 0.2) is 39.1 Å². The van der Waals surface area contributed by atoms with Crippen molar-refractivity contribution in [3.63, 3.8) is 0 Å². The summed E-state index contributed by atoms with van der Waals surface area (Å²) >= 11 is 0. The summed E-state index contributed by atoms with van der Waals surface area (Å²) in [6, 6.07) is 0. The molecule has 2 rings (SSSR count). The molecule has 4 atom stereocenters. The van der Waals surface area contributed by atoms with Crippen LogP contribution in [0.2, 0.25) is 78.6 Å². The maximum absolute atomic E-state index is 7.01. The Balaban J connectivity index is 2.55. The first-order valence-corrected chi connectivity index (χ1v) is 26.5. The van der Waals surface area contributed by atoms with Crippen LogP contribution < -0.4 is 0 Å². The summed E-state index contributed by atoms with van der Waals surface area (Å²) in [5.74, 6) is -0.828. The first kappa shape index (κ1) is 29.9. The van der Waals surface area contributed by atoms with Crippen LogP contribution in [0.1, 0.15) is 19.3 Å². The van der Waals surface area contributed by atoms with Crippen LogP contribution in [0, 0.1) is 0 Å². The number of nitrogens with zero attached hydrogens (tertiary/aromatic N) is 1. The van der Waals surface area contributed by atoms with E-state index in [0.29, 0.717) is 6.61 Å². The average Bonchev–Trinajstić information content (AvgIpc) is 2.57. The molecule has 0 spiro atoms. The zero-order valence-corrected chi connectivity index (χ0v) is 27.7. The highest BCUT2D eigenvalue weighted by Gasteiger charge is 2.58. The Labute approximate surface area is 208 Å². The SMILES string of the molecule is C[Si](C)(C)OC1COC(CN2CCCCC2)(O[Si](C)(C)C)C(O[Si](C)(C)C)C1O[Si](C)(C)C. The zero-order valence-electron chi connectivity index (χ0n) is 23.7. The van der Waals surface area contributed by atoms with Crippen LogP contribution in [0.25, 0.3) is 0 Å². The fraction of sp³-hybridized carbons (Fsp3) is 1.00. The largest absolute Gasteiger partial charge is 0.410 e. The highest BCUT2D eigenvalue weighted by Crippen LogP contribution is 2.39. The topological polar surface area (TPSA) is 49.4 Å². The molecule has 0 aromatic heterocycles. The van der Waals surface area contributed by atoms with Gasteiger partial charge in [-0.1, -0.05) is 6.42 Å². The molecule has 0 aliphatic carbocycles. The fourth-order valence-electron chi connectivity index (χ4n) is 4.69. The van der Waals surface area contributed by atoms with E-state index in [9.17, 15) is 0 Å². The van der Waals surface area contributed by atoms with Crippen LogP contribution in [0.3, 0.4) is 0 Å². The van der Waals surface area contributed by atoms with Gasteiger partial charge in [-0.2, -0.15) is 0 Å². The maximum Gasteiger partial charge on any atom is 0.200 e. The monoisotopic (exact) mass is 535 g/mol. The van der Waals surface area contributed by atoms with Crippen molar-refractivity contribution in [3.05, 3.63) is 0 Å². The Morgan fingerprint density at radius 2 is 1.21 bits per heavy atom. The minimum Gasteiger partial charge on any atom is -0.410 e. The van der Waals surface area contributed by atoms with Crippen molar-refractivity contribution in [3.8, 4) is 0 Å². The molecule has 0 radical (unpaired) electrons. The molecule has 10 heteroatoms. The Kier molecular flexibility index (Phi) is 9.89. The molecule has 0 aromatic rings. The summed E-state index contributed by atoms with van der Waals surface area (Å²) in [5.41, 5.74) is 0. The van der Waals surface area contributed by atoms with Gasteiger partial charge in [-0.15, -0.1) is 0 Å². The van der Waals surface area contributed by atoms with Crippen LogP contribution in [0.15, 0.2) is 0 Å². The summed E-state index contributed by atoms with van der Waals surface area (Å²) < 4.78 is 34.4. The van der Waals surface area contributed by atoms with Crippen molar-refractivity contribution in [2.75, 3.05) is 26.2 Å². The van der Waals surface area contributed by atoms with Gasteiger partial charge in [-0.05, 0) is 104 Å². The minimum absolute atomic E-state index is 0.135. The second-order valence-corrected chi connectivity index (χ2v) is 31.6. The molecule has 0 aromatic carbocycles. The van der Waals surface area contributed by atoms with E-state index < -0.39 is 39.1 Å². The van der Waals surface area contributed by atoms with Gasteiger partial charge >= 0.3 is 0 Å². The smallest absolute Gasteiger partial charge is 0.200 e. The van der Waals surface area contributed by atoms with Crippen LogP contribution in [0.5, 0.6) is 0 Å². The third kappa shape index (κ3) is 10.3. The Hall–Kier alpha value is 0.628. The quantitative estimate of drug-likeness (QED) is 0.334. The van der Waals surface area contributed by atoms with E-state index >= 15 is 0 Å². The number of hydrogen-bond donors (Lipinski definition) is 0. The van der Waals surface area contributed by atoms with Crippen molar-refractivity contribution >= 4 is 33.3 Å². The zero-order chi connectivity index (χ0) is 25.3. The van der Waals surface area contributed by atoms with Gasteiger partial charge in [0, 0.05) is 0 Å².